The highest BCUT2D eigenvalue weighted by molar-refractivity contribution is 5.96. The van der Waals surface area contributed by atoms with Crippen molar-refractivity contribution >= 4 is 17.3 Å². The van der Waals surface area contributed by atoms with Gasteiger partial charge in [-0.2, -0.15) is 0 Å². The smallest absolute Gasteiger partial charge is 0.253 e. The quantitative estimate of drug-likeness (QED) is 0.834. The monoisotopic (exact) mass is 277 g/mol. The molecule has 0 saturated carbocycles. The van der Waals surface area contributed by atoms with Gasteiger partial charge in [0.05, 0.1) is 30.1 Å². The van der Waals surface area contributed by atoms with E-state index in [2.05, 4.69) is 18.7 Å². The van der Waals surface area contributed by atoms with Crippen molar-refractivity contribution in [2.75, 3.05) is 44.5 Å². The number of nitrogen functional groups attached to an aromatic ring is 1. The maximum absolute atomic E-state index is 12.1. The molecule has 1 aromatic carbocycles. The number of benzene rings is 1. The zero-order valence-electron chi connectivity index (χ0n) is 12.6. The molecule has 0 unspecified atom stereocenters. The molecule has 5 heteroatoms. The highest BCUT2D eigenvalue weighted by Gasteiger charge is 2.32. The average Bonchev–Trinajstić information content (AvgIpc) is 2.38. The number of ether oxygens (including phenoxy) is 1. The fraction of sp³-hybridized carbons (Fsp3) is 0.533. The fourth-order valence-electron chi connectivity index (χ4n) is 2.47. The van der Waals surface area contributed by atoms with E-state index in [1.54, 1.807) is 31.1 Å². The third-order valence-corrected chi connectivity index (χ3v) is 3.62. The molecule has 5 nitrogen and oxygen atoms in total. The molecule has 20 heavy (non-hydrogen) atoms. The van der Waals surface area contributed by atoms with Crippen LogP contribution < -0.4 is 10.6 Å². The minimum atomic E-state index is -0.133. The number of carbonyl (C=O) groups is 1. The molecule has 1 amide bonds. The molecule has 1 aliphatic heterocycles. The van der Waals surface area contributed by atoms with Gasteiger partial charge in [-0.25, -0.2) is 0 Å². The first-order chi connectivity index (χ1) is 9.33. The zero-order chi connectivity index (χ0) is 14.9. The molecule has 2 N–H and O–H groups in total. The van der Waals surface area contributed by atoms with Crippen LogP contribution in [0, 0.1) is 0 Å². The van der Waals surface area contributed by atoms with Gasteiger partial charge in [0.1, 0.15) is 0 Å². The molecule has 0 radical (unpaired) electrons. The van der Waals surface area contributed by atoms with Crippen molar-refractivity contribution < 1.29 is 9.53 Å². The highest BCUT2D eigenvalue weighted by atomic mass is 16.5. The lowest BCUT2D eigenvalue weighted by atomic mass is 10.00. The van der Waals surface area contributed by atoms with E-state index in [1.165, 1.54) is 0 Å². The Hall–Kier alpha value is -1.75. The van der Waals surface area contributed by atoms with Crippen molar-refractivity contribution in [3.05, 3.63) is 23.8 Å². The second kappa shape index (κ2) is 5.32. The number of morpholine rings is 1. The zero-order valence-corrected chi connectivity index (χ0v) is 12.6. The van der Waals surface area contributed by atoms with Crippen molar-refractivity contribution in [1.82, 2.24) is 4.90 Å². The molecular weight excluding hydrogens is 254 g/mol. The van der Waals surface area contributed by atoms with E-state index in [1.807, 2.05) is 6.07 Å². The van der Waals surface area contributed by atoms with E-state index in [0.29, 0.717) is 24.5 Å². The highest BCUT2D eigenvalue weighted by Crippen LogP contribution is 2.32. The van der Waals surface area contributed by atoms with Crippen molar-refractivity contribution in [3.63, 3.8) is 0 Å². The number of hydrogen-bond donors (Lipinski definition) is 1. The van der Waals surface area contributed by atoms with Crippen LogP contribution in [0.2, 0.25) is 0 Å². The lowest BCUT2D eigenvalue weighted by Crippen LogP contribution is -2.53. The summed E-state index contributed by atoms with van der Waals surface area (Å²) in [6, 6.07) is 5.46. The predicted octanol–water partition coefficient (Wildman–Crippen LogP) is 1.59. The summed E-state index contributed by atoms with van der Waals surface area (Å²) in [5, 5.41) is 0. The molecule has 0 aliphatic carbocycles. The second-order valence-corrected chi connectivity index (χ2v) is 5.99. The van der Waals surface area contributed by atoms with E-state index >= 15 is 0 Å². The molecule has 1 fully saturated rings. The summed E-state index contributed by atoms with van der Waals surface area (Å²) >= 11 is 0. The van der Waals surface area contributed by atoms with Crippen LogP contribution in [-0.4, -0.2) is 50.2 Å². The van der Waals surface area contributed by atoms with E-state index in [-0.39, 0.29) is 11.4 Å². The van der Waals surface area contributed by atoms with E-state index in [9.17, 15) is 4.79 Å². The maximum atomic E-state index is 12.1. The van der Waals surface area contributed by atoms with Crippen LogP contribution in [0.15, 0.2) is 18.2 Å². The minimum Gasteiger partial charge on any atom is -0.397 e. The molecule has 1 heterocycles. The normalized spacial score (nSPS) is 17.9. The van der Waals surface area contributed by atoms with Crippen LogP contribution >= 0.6 is 0 Å². The Morgan fingerprint density at radius 3 is 2.70 bits per heavy atom. The van der Waals surface area contributed by atoms with Crippen LogP contribution in [-0.2, 0) is 4.74 Å². The Labute approximate surface area is 120 Å². The number of nitrogens with zero attached hydrogens (tertiary/aromatic N) is 2. The average molecular weight is 277 g/mol. The first kappa shape index (κ1) is 14.7. The number of nitrogens with two attached hydrogens (primary N) is 1. The first-order valence-corrected chi connectivity index (χ1v) is 6.79. The van der Waals surface area contributed by atoms with E-state index in [0.717, 1.165) is 12.2 Å². The van der Waals surface area contributed by atoms with Crippen LogP contribution in [0.1, 0.15) is 24.2 Å². The Balaban J connectivity index is 2.40. The van der Waals surface area contributed by atoms with Gasteiger partial charge in [-0.05, 0) is 32.0 Å². The van der Waals surface area contributed by atoms with Crippen LogP contribution in [0.25, 0.3) is 0 Å². The summed E-state index contributed by atoms with van der Waals surface area (Å²) in [5.41, 5.74) is 8.23. The summed E-state index contributed by atoms with van der Waals surface area (Å²) in [4.78, 5) is 15.9. The Bertz CT molecular complexity index is 512. The third kappa shape index (κ3) is 2.72. The number of hydrogen-bond acceptors (Lipinski definition) is 4. The Morgan fingerprint density at radius 1 is 1.40 bits per heavy atom. The lowest BCUT2D eigenvalue weighted by molar-refractivity contribution is 0.0644. The number of amides is 1. The lowest BCUT2D eigenvalue weighted by Gasteiger charge is -2.44. The molecule has 2 rings (SSSR count). The first-order valence-electron chi connectivity index (χ1n) is 6.79. The molecule has 110 valence electrons. The number of rotatable bonds is 2. The molecular formula is C15H23N3O2. The molecule has 0 aromatic heterocycles. The summed E-state index contributed by atoms with van der Waals surface area (Å²) in [7, 11) is 3.49. The second-order valence-electron chi connectivity index (χ2n) is 5.99. The van der Waals surface area contributed by atoms with Gasteiger partial charge < -0.3 is 20.3 Å². The SMILES string of the molecule is CN(C)C(=O)c1ccc(N)c(N2CCOCC2(C)C)c1. The van der Waals surface area contributed by atoms with Gasteiger partial charge in [-0.15, -0.1) is 0 Å². The largest absolute Gasteiger partial charge is 0.397 e. The van der Waals surface area contributed by atoms with Gasteiger partial charge in [0, 0.05) is 26.2 Å². The molecule has 1 saturated heterocycles. The Morgan fingerprint density at radius 2 is 2.10 bits per heavy atom. The molecule has 1 aliphatic rings. The minimum absolute atomic E-state index is 0.0164. The van der Waals surface area contributed by atoms with Gasteiger partial charge in [0.15, 0.2) is 0 Å². The predicted molar refractivity (Wildman–Crippen MR) is 81.1 cm³/mol. The van der Waals surface area contributed by atoms with E-state index in [4.69, 9.17) is 10.5 Å². The van der Waals surface area contributed by atoms with Gasteiger partial charge >= 0.3 is 0 Å². The van der Waals surface area contributed by atoms with Crippen LogP contribution in [0.3, 0.4) is 0 Å². The summed E-state index contributed by atoms with van der Waals surface area (Å²) in [6.45, 7) is 6.34. The molecule has 0 bridgehead atoms. The topological polar surface area (TPSA) is 58.8 Å². The molecule has 0 spiro atoms. The third-order valence-electron chi connectivity index (χ3n) is 3.62. The summed E-state index contributed by atoms with van der Waals surface area (Å²) in [5.74, 6) is -0.0164. The van der Waals surface area contributed by atoms with Crippen molar-refractivity contribution in [2.24, 2.45) is 0 Å². The number of carbonyl (C=O) groups excluding carboxylic acids is 1. The van der Waals surface area contributed by atoms with Crippen molar-refractivity contribution in [3.8, 4) is 0 Å². The van der Waals surface area contributed by atoms with Gasteiger partial charge in [-0.1, -0.05) is 0 Å². The maximum Gasteiger partial charge on any atom is 0.253 e. The summed E-state index contributed by atoms with van der Waals surface area (Å²) < 4.78 is 5.53. The molecule has 0 atom stereocenters. The van der Waals surface area contributed by atoms with E-state index < -0.39 is 0 Å². The van der Waals surface area contributed by atoms with Gasteiger partial charge in [0.25, 0.3) is 5.91 Å². The number of anilines is 2. The van der Waals surface area contributed by atoms with Crippen molar-refractivity contribution in [2.45, 2.75) is 19.4 Å². The van der Waals surface area contributed by atoms with Gasteiger partial charge in [-0.3, -0.25) is 4.79 Å². The van der Waals surface area contributed by atoms with Crippen molar-refractivity contribution in [1.29, 1.82) is 0 Å². The fourth-order valence-corrected chi connectivity index (χ4v) is 2.47. The van der Waals surface area contributed by atoms with Crippen LogP contribution in [0.5, 0.6) is 0 Å². The Kier molecular flexibility index (Phi) is 3.90. The van der Waals surface area contributed by atoms with Crippen LogP contribution in [0.4, 0.5) is 11.4 Å². The van der Waals surface area contributed by atoms with Gasteiger partial charge in [0.2, 0.25) is 0 Å². The summed E-state index contributed by atoms with van der Waals surface area (Å²) in [6.07, 6.45) is 0. The molecule has 1 aromatic rings. The standard InChI is InChI=1S/C15H23N3O2/c1-15(2)10-20-8-7-18(15)13-9-11(5-6-12(13)16)14(19)17(3)4/h5-6,9H,7-8,10,16H2,1-4H3.